The van der Waals surface area contributed by atoms with Gasteiger partial charge in [-0.2, -0.15) is 0 Å². The molecule has 1 spiro atoms. The molecular formula is C31H32N2O11. The third kappa shape index (κ3) is 3.93. The average Bonchev–Trinajstić information content (AvgIpc) is 3.48. The van der Waals surface area contributed by atoms with E-state index in [9.17, 15) is 29.4 Å². The SMILES string of the molecule is C=CCN1CC[C@]23c4c5ccc(O)c4O[C@H]2[C@@H](N2C(=O)c4ccccc4C2=O)CC[C@@]3(O)[C@H]1C5.O=C(O)C(O)C(O)C(=O)O. The van der Waals surface area contributed by atoms with Gasteiger partial charge in [-0.25, -0.2) is 9.59 Å². The highest BCUT2D eigenvalue weighted by Gasteiger charge is 2.74. The Morgan fingerprint density at radius 1 is 1.02 bits per heavy atom. The molecule has 2 aliphatic carbocycles. The Morgan fingerprint density at radius 2 is 1.64 bits per heavy atom. The van der Waals surface area contributed by atoms with Gasteiger partial charge < -0.3 is 35.4 Å². The topological polar surface area (TPSA) is 205 Å². The summed E-state index contributed by atoms with van der Waals surface area (Å²) in [4.78, 5) is 50.0. The fraction of sp³-hybridized carbons (Fsp3) is 0.419. The summed E-state index contributed by atoms with van der Waals surface area (Å²) >= 11 is 0. The number of aliphatic hydroxyl groups is 3. The van der Waals surface area contributed by atoms with Crippen LogP contribution < -0.4 is 4.74 Å². The Hall–Kier alpha value is -4.30. The molecule has 2 bridgehead atoms. The lowest BCUT2D eigenvalue weighted by molar-refractivity contribution is -0.194. The smallest absolute Gasteiger partial charge is 0.335 e. The van der Waals surface area contributed by atoms with Gasteiger partial charge in [-0.15, -0.1) is 6.58 Å². The van der Waals surface area contributed by atoms with Gasteiger partial charge in [0.15, 0.2) is 23.7 Å². The molecule has 5 aliphatic rings. The number of hydrogen-bond acceptors (Lipinski definition) is 10. The van der Waals surface area contributed by atoms with Crippen LogP contribution in [0.15, 0.2) is 49.1 Å². The lowest BCUT2D eigenvalue weighted by Crippen LogP contribution is -2.78. The molecule has 0 aromatic heterocycles. The van der Waals surface area contributed by atoms with Crippen LogP contribution in [0.25, 0.3) is 0 Å². The van der Waals surface area contributed by atoms with E-state index in [1.807, 2.05) is 12.1 Å². The van der Waals surface area contributed by atoms with E-state index in [-0.39, 0.29) is 23.6 Å². The lowest BCUT2D eigenvalue weighted by Gasteiger charge is -2.64. The number of phenols is 1. The van der Waals surface area contributed by atoms with Gasteiger partial charge in [0.25, 0.3) is 11.8 Å². The molecule has 232 valence electrons. The molecule has 7 atom stereocenters. The molecule has 13 heteroatoms. The number of likely N-dealkylation sites (tertiary alicyclic amines) is 1. The number of carboxylic acids is 2. The van der Waals surface area contributed by atoms with Crippen LogP contribution in [0, 0.1) is 0 Å². The first-order valence-corrected chi connectivity index (χ1v) is 14.3. The number of rotatable bonds is 6. The van der Waals surface area contributed by atoms with Gasteiger partial charge in [-0.05, 0) is 56.0 Å². The average molecular weight is 609 g/mol. The standard InChI is InChI=1S/C27H26N2O5.C4H6O6/c1-2-12-28-13-11-26-21-15-7-8-19(30)22(21)34-23(26)18(9-10-27(26,33)20(28)14-15)29-24(31)16-5-3-4-6-17(16)25(29)32;5-1(3(7)8)2(6)4(9)10/h2-8,18,20,23,30,33H,1,9-14H2;1-2,5-6H,(H,7,8)(H,9,10)/t18-,20+,23-,26-,27+;/m0./s1. The molecule has 2 aromatic rings. The summed E-state index contributed by atoms with van der Waals surface area (Å²) < 4.78 is 6.50. The zero-order chi connectivity index (χ0) is 31.7. The molecule has 2 amide bonds. The van der Waals surface area contributed by atoms with Crippen LogP contribution >= 0.6 is 0 Å². The van der Waals surface area contributed by atoms with E-state index in [0.717, 1.165) is 17.7 Å². The zero-order valence-corrected chi connectivity index (χ0v) is 23.5. The second-order valence-corrected chi connectivity index (χ2v) is 11.8. The van der Waals surface area contributed by atoms with Crippen LogP contribution in [0.1, 0.15) is 51.1 Å². The first-order valence-electron chi connectivity index (χ1n) is 14.3. The summed E-state index contributed by atoms with van der Waals surface area (Å²) in [5.41, 5.74) is 0.854. The van der Waals surface area contributed by atoms with Crippen molar-refractivity contribution in [2.45, 2.75) is 67.1 Å². The summed E-state index contributed by atoms with van der Waals surface area (Å²) in [6, 6.07) is 9.82. The number of ether oxygens (including phenoxy) is 1. The fourth-order valence-corrected chi connectivity index (χ4v) is 8.03. The maximum atomic E-state index is 13.4. The van der Waals surface area contributed by atoms with Crippen molar-refractivity contribution in [3.8, 4) is 11.5 Å². The Kier molecular flexibility index (Phi) is 7.04. The van der Waals surface area contributed by atoms with Gasteiger partial charge >= 0.3 is 11.9 Å². The highest BCUT2D eigenvalue weighted by molar-refractivity contribution is 6.21. The second-order valence-electron chi connectivity index (χ2n) is 11.8. The quantitative estimate of drug-likeness (QED) is 0.193. The predicted octanol–water partition coefficient (Wildman–Crippen LogP) is 0.275. The van der Waals surface area contributed by atoms with Crippen LogP contribution in [0.2, 0.25) is 0 Å². The molecule has 1 saturated carbocycles. The molecule has 0 radical (unpaired) electrons. The Labute approximate surface area is 251 Å². The molecule has 7 rings (SSSR count). The largest absolute Gasteiger partial charge is 0.504 e. The monoisotopic (exact) mass is 608 g/mol. The molecule has 2 fully saturated rings. The number of carbonyl (C=O) groups is 4. The van der Waals surface area contributed by atoms with Crippen LogP contribution in [0.3, 0.4) is 0 Å². The van der Waals surface area contributed by atoms with Gasteiger partial charge in [0.1, 0.15) is 6.10 Å². The Morgan fingerprint density at radius 3 is 2.20 bits per heavy atom. The number of carboxylic acid groups (broad SMARTS) is 2. The number of fused-ring (bicyclic) bond motifs is 1. The predicted molar refractivity (Wildman–Crippen MR) is 150 cm³/mol. The Balaban J connectivity index is 0.000000299. The first-order chi connectivity index (χ1) is 20.9. The number of aromatic hydroxyl groups is 1. The summed E-state index contributed by atoms with van der Waals surface area (Å²) in [6.07, 6.45) is -1.13. The maximum Gasteiger partial charge on any atom is 0.335 e. The third-order valence-electron chi connectivity index (χ3n) is 9.87. The number of carbonyl (C=O) groups excluding carboxylic acids is 2. The summed E-state index contributed by atoms with van der Waals surface area (Å²) in [7, 11) is 0. The molecule has 3 aliphatic heterocycles. The molecule has 44 heavy (non-hydrogen) atoms. The number of phenolic OH excluding ortho intramolecular Hbond substituents is 1. The number of aliphatic hydroxyl groups excluding tert-OH is 2. The highest BCUT2D eigenvalue weighted by atomic mass is 16.5. The minimum atomic E-state index is -2.27. The van der Waals surface area contributed by atoms with E-state index < -0.39 is 47.3 Å². The summed E-state index contributed by atoms with van der Waals surface area (Å²) in [5.74, 6) is -3.72. The number of nitrogens with zero attached hydrogens (tertiary/aromatic N) is 2. The summed E-state index contributed by atoms with van der Waals surface area (Å²) in [5, 5.41) is 55.7. The number of hydrogen-bond donors (Lipinski definition) is 6. The molecular weight excluding hydrogens is 576 g/mol. The van der Waals surface area contributed by atoms with Crippen molar-refractivity contribution >= 4 is 23.8 Å². The maximum absolute atomic E-state index is 13.4. The molecule has 6 N–H and O–H groups in total. The number of piperidine rings is 1. The zero-order valence-electron chi connectivity index (χ0n) is 23.5. The minimum Gasteiger partial charge on any atom is -0.504 e. The number of benzene rings is 2. The number of amides is 2. The van der Waals surface area contributed by atoms with E-state index in [2.05, 4.69) is 11.5 Å². The van der Waals surface area contributed by atoms with Crippen molar-refractivity contribution in [2.75, 3.05) is 13.1 Å². The molecule has 2 unspecified atom stereocenters. The molecule has 2 aromatic carbocycles. The van der Waals surface area contributed by atoms with E-state index in [1.54, 1.807) is 30.3 Å². The van der Waals surface area contributed by atoms with Gasteiger partial charge in [0, 0.05) is 18.2 Å². The Bertz CT molecular complexity index is 1540. The van der Waals surface area contributed by atoms with E-state index in [1.165, 1.54) is 4.90 Å². The van der Waals surface area contributed by atoms with Gasteiger partial charge in [0.05, 0.1) is 28.2 Å². The first kappa shape index (κ1) is 29.8. The van der Waals surface area contributed by atoms with E-state index in [0.29, 0.717) is 49.1 Å². The van der Waals surface area contributed by atoms with Crippen molar-refractivity contribution in [3.63, 3.8) is 0 Å². The van der Waals surface area contributed by atoms with Crippen LogP contribution in [-0.2, 0) is 21.4 Å². The van der Waals surface area contributed by atoms with Crippen LogP contribution in [-0.4, -0.2) is 113 Å². The van der Waals surface area contributed by atoms with Gasteiger partial charge in [-0.1, -0.05) is 24.3 Å². The van der Waals surface area contributed by atoms with Gasteiger partial charge in [-0.3, -0.25) is 19.4 Å². The van der Waals surface area contributed by atoms with E-state index >= 15 is 0 Å². The van der Waals surface area contributed by atoms with Crippen molar-refractivity contribution in [3.05, 3.63) is 71.3 Å². The van der Waals surface area contributed by atoms with Crippen molar-refractivity contribution < 1.29 is 54.6 Å². The van der Waals surface area contributed by atoms with Gasteiger partial charge in [0.2, 0.25) is 0 Å². The molecule has 1 saturated heterocycles. The third-order valence-corrected chi connectivity index (χ3v) is 9.87. The fourth-order valence-electron chi connectivity index (χ4n) is 8.03. The van der Waals surface area contributed by atoms with Crippen molar-refractivity contribution in [1.82, 2.24) is 9.80 Å². The number of imide groups is 1. The van der Waals surface area contributed by atoms with Crippen molar-refractivity contribution in [2.24, 2.45) is 0 Å². The highest BCUT2D eigenvalue weighted by Crippen LogP contribution is 2.66. The van der Waals surface area contributed by atoms with E-state index in [4.69, 9.17) is 25.2 Å². The van der Waals surface area contributed by atoms with Crippen LogP contribution in [0.4, 0.5) is 0 Å². The molecule has 3 heterocycles. The lowest BCUT2D eigenvalue weighted by atomic mass is 9.48. The second kappa shape index (κ2) is 10.4. The minimum absolute atomic E-state index is 0.0398. The summed E-state index contributed by atoms with van der Waals surface area (Å²) in [6.45, 7) is 5.32. The van der Waals surface area contributed by atoms with Crippen molar-refractivity contribution in [1.29, 1.82) is 0 Å². The normalized spacial score (nSPS) is 30.7. The molecule has 13 nitrogen and oxygen atoms in total. The van der Waals surface area contributed by atoms with Crippen LogP contribution in [0.5, 0.6) is 11.5 Å². The number of aliphatic carboxylic acids is 2.